The zero-order chi connectivity index (χ0) is 13.8. The van der Waals surface area contributed by atoms with E-state index in [0.717, 1.165) is 11.4 Å². The Kier molecular flexibility index (Phi) is 3.71. The average molecular weight is 256 g/mol. The summed E-state index contributed by atoms with van der Waals surface area (Å²) in [5, 5.41) is 0. The zero-order valence-electron chi connectivity index (χ0n) is 11.0. The number of methoxy groups -OCH3 is 1. The van der Waals surface area contributed by atoms with Gasteiger partial charge in [0, 0.05) is 18.4 Å². The van der Waals surface area contributed by atoms with Crippen molar-refractivity contribution in [3.63, 3.8) is 0 Å². The minimum atomic E-state index is -0.136. The van der Waals surface area contributed by atoms with Crippen LogP contribution in [-0.2, 0) is 0 Å². The highest BCUT2D eigenvalue weighted by Crippen LogP contribution is 2.21. The Hall–Kier alpha value is -2.49. The summed E-state index contributed by atoms with van der Waals surface area (Å²) in [6.07, 6.45) is 0. The number of nitrogens with two attached hydrogens (primary N) is 1. The van der Waals surface area contributed by atoms with Crippen molar-refractivity contribution in [1.29, 1.82) is 0 Å². The summed E-state index contributed by atoms with van der Waals surface area (Å²) >= 11 is 0. The molecule has 2 aromatic rings. The van der Waals surface area contributed by atoms with E-state index in [9.17, 15) is 4.79 Å². The van der Waals surface area contributed by atoms with Crippen molar-refractivity contribution in [2.75, 3.05) is 24.8 Å². The standard InChI is InChI=1S/C15H16N2O2/c1-17(11-7-9-12(19-2)10-8-11)15(18)13-5-3-4-6-14(13)16/h3-10H,16H2,1-2H3. The first kappa shape index (κ1) is 13.0. The summed E-state index contributed by atoms with van der Waals surface area (Å²) < 4.78 is 5.09. The van der Waals surface area contributed by atoms with Crippen LogP contribution in [0.1, 0.15) is 10.4 Å². The van der Waals surface area contributed by atoms with Gasteiger partial charge in [0.1, 0.15) is 5.75 Å². The Labute approximate surface area is 112 Å². The van der Waals surface area contributed by atoms with Gasteiger partial charge in [-0.15, -0.1) is 0 Å². The van der Waals surface area contributed by atoms with Crippen LogP contribution >= 0.6 is 0 Å². The molecule has 0 bridgehead atoms. The van der Waals surface area contributed by atoms with Gasteiger partial charge in [-0.3, -0.25) is 4.79 Å². The van der Waals surface area contributed by atoms with Gasteiger partial charge in [0.25, 0.3) is 5.91 Å². The van der Waals surface area contributed by atoms with E-state index in [1.54, 1.807) is 43.3 Å². The zero-order valence-corrected chi connectivity index (χ0v) is 11.0. The van der Waals surface area contributed by atoms with Crippen LogP contribution in [-0.4, -0.2) is 20.1 Å². The number of carbonyl (C=O) groups excluding carboxylic acids is 1. The average Bonchev–Trinajstić information content (AvgIpc) is 2.46. The third-order valence-corrected chi connectivity index (χ3v) is 2.96. The number of amides is 1. The molecule has 0 heterocycles. The molecule has 2 N–H and O–H groups in total. The van der Waals surface area contributed by atoms with E-state index in [1.165, 1.54) is 0 Å². The molecule has 0 spiro atoms. The van der Waals surface area contributed by atoms with Crippen LogP contribution in [0.25, 0.3) is 0 Å². The number of anilines is 2. The summed E-state index contributed by atoms with van der Waals surface area (Å²) in [5.41, 5.74) is 7.58. The molecule has 19 heavy (non-hydrogen) atoms. The predicted molar refractivity (Wildman–Crippen MR) is 76.6 cm³/mol. The van der Waals surface area contributed by atoms with Crippen molar-refractivity contribution in [1.82, 2.24) is 0 Å². The lowest BCUT2D eigenvalue weighted by Crippen LogP contribution is -2.26. The number of hydrogen-bond acceptors (Lipinski definition) is 3. The Bertz CT molecular complexity index is 579. The van der Waals surface area contributed by atoms with E-state index >= 15 is 0 Å². The maximum Gasteiger partial charge on any atom is 0.260 e. The first-order valence-electron chi connectivity index (χ1n) is 5.90. The summed E-state index contributed by atoms with van der Waals surface area (Å²) in [5.74, 6) is 0.618. The second-order valence-electron chi connectivity index (χ2n) is 4.15. The van der Waals surface area contributed by atoms with E-state index in [1.807, 2.05) is 24.3 Å². The highest BCUT2D eigenvalue weighted by atomic mass is 16.5. The highest BCUT2D eigenvalue weighted by molar-refractivity contribution is 6.08. The second-order valence-corrected chi connectivity index (χ2v) is 4.15. The van der Waals surface area contributed by atoms with Crippen LogP contribution in [0.4, 0.5) is 11.4 Å². The first-order valence-corrected chi connectivity index (χ1v) is 5.90. The molecule has 1 amide bonds. The molecule has 0 saturated carbocycles. The van der Waals surface area contributed by atoms with Crippen molar-refractivity contribution in [2.45, 2.75) is 0 Å². The molecule has 0 fully saturated rings. The molecular formula is C15H16N2O2. The molecule has 0 atom stereocenters. The van der Waals surface area contributed by atoms with Crippen molar-refractivity contribution >= 4 is 17.3 Å². The number of para-hydroxylation sites is 1. The molecule has 98 valence electrons. The fraction of sp³-hybridized carbons (Fsp3) is 0.133. The minimum Gasteiger partial charge on any atom is -0.497 e. The van der Waals surface area contributed by atoms with Gasteiger partial charge >= 0.3 is 0 Å². The van der Waals surface area contributed by atoms with E-state index < -0.39 is 0 Å². The molecule has 0 aromatic heterocycles. The molecule has 4 heteroatoms. The molecule has 0 aliphatic carbocycles. The maximum absolute atomic E-state index is 12.3. The lowest BCUT2D eigenvalue weighted by atomic mass is 10.1. The second kappa shape index (κ2) is 5.44. The van der Waals surface area contributed by atoms with E-state index in [4.69, 9.17) is 10.5 Å². The van der Waals surface area contributed by atoms with Gasteiger partial charge < -0.3 is 15.4 Å². The molecule has 2 aromatic carbocycles. The third kappa shape index (κ3) is 2.68. The van der Waals surface area contributed by atoms with Crippen molar-refractivity contribution < 1.29 is 9.53 Å². The molecule has 0 aliphatic rings. The predicted octanol–water partition coefficient (Wildman–Crippen LogP) is 2.55. The monoisotopic (exact) mass is 256 g/mol. The van der Waals surface area contributed by atoms with Gasteiger partial charge in [-0.2, -0.15) is 0 Å². The lowest BCUT2D eigenvalue weighted by Gasteiger charge is -2.18. The first-order chi connectivity index (χ1) is 9.13. The topological polar surface area (TPSA) is 55.6 Å². The molecule has 4 nitrogen and oxygen atoms in total. The Morgan fingerprint density at radius 1 is 1.11 bits per heavy atom. The number of hydrogen-bond donors (Lipinski definition) is 1. The summed E-state index contributed by atoms with van der Waals surface area (Å²) in [6, 6.07) is 14.3. The minimum absolute atomic E-state index is 0.136. The van der Waals surface area contributed by atoms with Crippen molar-refractivity contribution in [3.8, 4) is 5.75 Å². The lowest BCUT2D eigenvalue weighted by molar-refractivity contribution is 0.0994. The summed E-state index contributed by atoms with van der Waals surface area (Å²) in [7, 11) is 3.32. The normalized spacial score (nSPS) is 10.0. The van der Waals surface area contributed by atoms with Crippen LogP contribution < -0.4 is 15.4 Å². The fourth-order valence-electron chi connectivity index (χ4n) is 1.80. The fourth-order valence-corrected chi connectivity index (χ4v) is 1.80. The van der Waals surface area contributed by atoms with Crippen LogP contribution in [0.15, 0.2) is 48.5 Å². The number of rotatable bonds is 3. The van der Waals surface area contributed by atoms with Crippen LogP contribution in [0, 0.1) is 0 Å². The molecule has 0 saturated heterocycles. The van der Waals surface area contributed by atoms with Gasteiger partial charge in [-0.25, -0.2) is 0 Å². The van der Waals surface area contributed by atoms with Gasteiger partial charge in [0.15, 0.2) is 0 Å². The van der Waals surface area contributed by atoms with Crippen LogP contribution in [0.3, 0.4) is 0 Å². The highest BCUT2D eigenvalue weighted by Gasteiger charge is 2.15. The van der Waals surface area contributed by atoms with Crippen molar-refractivity contribution in [3.05, 3.63) is 54.1 Å². The Morgan fingerprint density at radius 3 is 2.32 bits per heavy atom. The van der Waals surface area contributed by atoms with Gasteiger partial charge in [0.2, 0.25) is 0 Å². The molecular weight excluding hydrogens is 240 g/mol. The third-order valence-electron chi connectivity index (χ3n) is 2.96. The van der Waals surface area contributed by atoms with Gasteiger partial charge in [0.05, 0.1) is 12.7 Å². The Morgan fingerprint density at radius 2 is 1.74 bits per heavy atom. The van der Waals surface area contributed by atoms with E-state index in [2.05, 4.69) is 0 Å². The molecule has 0 unspecified atom stereocenters. The van der Waals surface area contributed by atoms with Crippen LogP contribution in [0.5, 0.6) is 5.75 Å². The quantitative estimate of drug-likeness (QED) is 0.859. The number of nitrogens with zero attached hydrogens (tertiary/aromatic N) is 1. The van der Waals surface area contributed by atoms with Crippen molar-refractivity contribution in [2.24, 2.45) is 0 Å². The number of nitrogen functional groups attached to an aromatic ring is 1. The largest absolute Gasteiger partial charge is 0.497 e. The summed E-state index contributed by atoms with van der Waals surface area (Å²) in [4.78, 5) is 13.9. The van der Waals surface area contributed by atoms with Gasteiger partial charge in [-0.1, -0.05) is 12.1 Å². The van der Waals surface area contributed by atoms with E-state index in [-0.39, 0.29) is 5.91 Å². The number of ether oxygens (including phenoxy) is 1. The molecule has 2 rings (SSSR count). The van der Waals surface area contributed by atoms with Crippen LogP contribution in [0.2, 0.25) is 0 Å². The maximum atomic E-state index is 12.3. The number of benzene rings is 2. The molecule has 0 aliphatic heterocycles. The smallest absolute Gasteiger partial charge is 0.260 e. The Balaban J connectivity index is 2.26. The summed E-state index contributed by atoms with van der Waals surface area (Å²) in [6.45, 7) is 0. The SMILES string of the molecule is COc1ccc(N(C)C(=O)c2ccccc2N)cc1. The van der Waals surface area contributed by atoms with Gasteiger partial charge in [-0.05, 0) is 36.4 Å². The van der Waals surface area contributed by atoms with E-state index in [0.29, 0.717) is 11.3 Å². The molecule has 0 radical (unpaired) electrons. The number of carbonyl (C=O) groups is 1.